The fourth-order valence-corrected chi connectivity index (χ4v) is 2.64. The van der Waals surface area contributed by atoms with Crippen molar-refractivity contribution in [1.29, 1.82) is 0 Å². The maximum atomic E-state index is 12.2. The largest absolute Gasteiger partial charge is 0.481 e. The summed E-state index contributed by atoms with van der Waals surface area (Å²) in [7, 11) is 0. The molecule has 1 fully saturated rings. The highest BCUT2D eigenvalue weighted by atomic mass is 35.5. The minimum absolute atomic E-state index is 0.187. The Morgan fingerprint density at radius 1 is 1.48 bits per heavy atom. The van der Waals surface area contributed by atoms with Crippen LogP contribution in [-0.4, -0.2) is 35.1 Å². The van der Waals surface area contributed by atoms with Gasteiger partial charge in [-0.1, -0.05) is 23.7 Å². The van der Waals surface area contributed by atoms with Crippen molar-refractivity contribution in [1.82, 2.24) is 10.2 Å². The monoisotopic (exact) mass is 310 g/mol. The zero-order chi connectivity index (χ0) is 15.6. The summed E-state index contributed by atoms with van der Waals surface area (Å²) in [6, 6.07) is 6.87. The quantitative estimate of drug-likeness (QED) is 0.902. The number of hydrogen-bond donors (Lipinski definition) is 2. The standard InChI is InChI=1S/C15H19ClN2O3/c1-10(11-4-3-5-12(16)8-11)17-14(21)18-7-6-15(2,9-18)13(19)20/h3-5,8,10H,6-7,9H2,1-2H3,(H,17,21)(H,19,20). The molecular weight excluding hydrogens is 292 g/mol. The highest BCUT2D eigenvalue weighted by molar-refractivity contribution is 6.30. The fraction of sp³-hybridized carbons (Fsp3) is 0.467. The van der Waals surface area contributed by atoms with Gasteiger partial charge in [0, 0.05) is 18.1 Å². The molecule has 114 valence electrons. The molecule has 1 saturated heterocycles. The summed E-state index contributed by atoms with van der Waals surface area (Å²) in [5.74, 6) is -0.860. The zero-order valence-corrected chi connectivity index (χ0v) is 12.9. The third-order valence-corrected chi connectivity index (χ3v) is 4.20. The highest BCUT2D eigenvalue weighted by Crippen LogP contribution is 2.30. The number of nitrogens with zero attached hydrogens (tertiary/aromatic N) is 1. The van der Waals surface area contributed by atoms with E-state index >= 15 is 0 Å². The molecule has 0 aromatic heterocycles. The SMILES string of the molecule is CC(NC(=O)N1CCC(C)(C(=O)O)C1)c1cccc(Cl)c1. The lowest BCUT2D eigenvalue weighted by Gasteiger charge is -2.23. The van der Waals surface area contributed by atoms with Gasteiger partial charge < -0.3 is 15.3 Å². The van der Waals surface area contributed by atoms with E-state index in [0.29, 0.717) is 18.0 Å². The van der Waals surface area contributed by atoms with E-state index in [1.165, 1.54) is 0 Å². The molecule has 2 unspecified atom stereocenters. The second-order valence-corrected chi connectivity index (χ2v) is 6.20. The van der Waals surface area contributed by atoms with Crippen molar-refractivity contribution in [2.75, 3.05) is 13.1 Å². The smallest absolute Gasteiger partial charge is 0.317 e. The normalized spacial score (nSPS) is 22.9. The van der Waals surface area contributed by atoms with Crippen LogP contribution in [0.15, 0.2) is 24.3 Å². The Kier molecular flexibility index (Phi) is 4.42. The van der Waals surface area contributed by atoms with E-state index in [0.717, 1.165) is 5.56 Å². The van der Waals surface area contributed by atoms with Gasteiger partial charge in [0.15, 0.2) is 0 Å². The number of amides is 2. The molecule has 5 nitrogen and oxygen atoms in total. The lowest BCUT2D eigenvalue weighted by atomic mass is 9.90. The molecule has 0 radical (unpaired) electrons. The van der Waals surface area contributed by atoms with Crippen molar-refractivity contribution in [3.63, 3.8) is 0 Å². The van der Waals surface area contributed by atoms with Crippen LogP contribution in [-0.2, 0) is 4.79 Å². The number of carbonyl (C=O) groups is 2. The number of aliphatic carboxylic acids is 1. The van der Waals surface area contributed by atoms with Crippen molar-refractivity contribution < 1.29 is 14.7 Å². The Balaban J connectivity index is 1.98. The molecule has 0 aliphatic carbocycles. The van der Waals surface area contributed by atoms with Crippen molar-refractivity contribution in [3.8, 4) is 0 Å². The van der Waals surface area contributed by atoms with Crippen molar-refractivity contribution in [3.05, 3.63) is 34.9 Å². The first-order chi connectivity index (χ1) is 9.82. The maximum absolute atomic E-state index is 12.2. The number of urea groups is 1. The molecule has 2 amide bonds. The predicted octanol–water partition coefficient (Wildman–Crippen LogP) is 2.91. The number of hydrogen-bond acceptors (Lipinski definition) is 2. The van der Waals surface area contributed by atoms with Crippen LogP contribution in [0.3, 0.4) is 0 Å². The van der Waals surface area contributed by atoms with Crippen LogP contribution in [0.25, 0.3) is 0 Å². The Bertz CT molecular complexity index is 564. The Hall–Kier alpha value is -1.75. The number of nitrogens with one attached hydrogen (secondary N) is 1. The van der Waals surface area contributed by atoms with Crippen LogP contribution in [0, 0.1) is 5.41 Å². The molecule has 21 heavy (non-hydrogen) atoms. The Morgan fingerprint density at radius 3 is 2.76 bits per heavy atom. The van der Waals surface area contributed by atoms with Gasteiger partial charge in [-0.3, -0.25) is 4.79 Å². The van der Waals surface area contributed by atoms with Crippen LogP contribution >= 0.6 is 11.6 Å². The summed E-state index contributed by atoms with van der Waals surface area (Å²) in [5.41, 5.74) is 0.0624. The summed E-state index contributed by atoms with van der Waals surface area (Å²) >= 11 is 5.94. The number of carboxylic acids is 1. The van der Waals surface area contributed by atoms with Gasteiger partial charge >= 0.3 is 12.0 Å². The van der Waals surface area contributed by atoms with Gasteiger partial charge in [0.05, 0.1) is 11.5 Å². The molecule has 1 aliphatic heterocycles. The van der Waals surface area contributed by atoms with Crippen molar-refractivity contribution in [2.45, 2.75) is 26.3 Å². The number of halogens is 1. The van der Waals surface area contributed by atoms with Crippen molar-refractivity contribution >= 4 is 23.6 Å². The van der Waals surface area contributed by atoms with E-state index in [1.54, 1.807) is 24.0 Å². The molecule has 1 heterocycles. The average molecular weight is 311 g/mol. The lowest BCUT2D eigenvalue weighted by molar-refractivity contribution is -0.146. The van der Waals surface area contributed by atoms with Crippen LogP contribution in [0.5, 0.6) is 0 Å². The summed E-state index contributed by atoms with van der Waals surface area (Å²) in [5, 5.41) is 12.7. The van der Waals surface area contributed by atoms with Crippen LogP contribution in [0.4, 0.5) is 4.79 Å². The third-order valence-electron chi connectivity index (χ3n) is 3.97. The van der Waals surface area contributed by atoms with E-state index in [4.69, 9.17) is 11.6 Å². The summed E-state index contributed by atoms with van der Waals surface area (Å²) in [4.78, 5) is 25.0. The molecule has 0 spiro atoms. The number of carboxylic acid groups (broad SMARTS) is 1. The van der Waals surface area contributed by atoms with E-state index in [2.05, 4.69) is 5.32 Å². The maximum Gasteiger partial charge on any atom is 0.317 e. The third kappa shape index (κ3) is 3.47. The lowest BCUT2D eigenvalue weighted by Crippen LogP contribution is -2.41. The molecule has 0 saturated carbocycles. The van der Waals surface area contributed by atoms with Gasteiger partial charge in [-0.15, -0.1) is 0 Å². The summed E-state index contributed by atoms with van der Waals surface area (Å²) in [6.45, 7) is 4.23. The number of likely N-dealkylation sites (tertiary alicyclic amines) is 1. The van der Waals surface area contributed by atoms with E-state index in [9.17, 15) is 14.7 Å². The number of benzene rings is 1. The topological polar surface area (TPSA) is 69.6 Å². The second-order valence-electron chi connectivity index (χ2n) is 5.76. The summed E-state index contributed by atoms with van der Waals surface area (Å²) in [6.07, 6.45) is 0.474. The predicted molar refractivity (Wildman–Crippen MR) is 80.3 cm³/mol. The van der Waals surface area contributed by atoms with Gasteiger partial charge in [-0.25, -0.2) is 4.79 Å². The fourth-order valence-electron chi connectivity index (χ4n) is 2.44. The molecule has 2 atom stereocenters. The molecule has 2 N–H and O–H groups in total. The van der Waals surface area contributed by atoms with Gasteiger partial charge in [0.1, 0.15) is 0 Å². The zero-order valence-electron chi connectivity index (χ0n) is 12.1. The molecule has 6 heteroatoms. The Morgan fingerprint density at radius 2 is 2.19 bits per heavy atom. The van der Waals surface area contributed by atoms with Crippen LogP contribution in [0.2, 0.25) is 5.02 Å². The van der Waals surface area contributed by atoms with Gasteiger partial charge in [0.25, 0.3) is 0 Å². The molecule has 1 aromatic carbocycles. The molecule has 2 rings (SSSR count). The molecule has 0 bridgehead atoms. The van der Waals surface area contributed by atoms with E-state index in [-0.39, 0.29) is 18.6 Å². The Labute approximate surface area is 128 Å². The van der Waals surface area contributed by atoms with Gasteiger partial charge in [-0.05, 0) is 38.0 Å². The van der Waals surface area contributed by atoms with E-state index < -0.39 is 11.4 Å². The van der Waals surface area contributed by atoms with E-state index in [1.807, 2.05) is 19.1 Å². The second kappa shape index (κ2) is 5.93. The first kappa shape index (κ1) is 15.6. The average Bonchev–Trinajstić information content (AvgIpc) is 2.83. The first-order valence-electron chi connectivity index (χ1n) is 6.86. The van der Waals surface area contributed by atoms with Crippen LogP contribution < -0.4 is 5.32 Å². The molecule has 1 aromatic rings. The number of rotatable bonds is 3. The minimum atomic E-state index is -0.860. The highest BCUT2D eigenvalue weighted by Gasteiger charge is 2.42. The summed E-state index contributed by atoms with van der Waals surface area (Å²) < 4.78 is 0. The number of carbonyl (C=O) groups excluding carboxylic acids is 1. The molecule has 1 aliphatic rings. The molecular formula is C15H19ClN2O3. The minimum Gasteiger partial charge on any atom is -0.481 e. The first-order valence-corrected chi connectivity index (χ1v) is 7.24. The van der Waals surface area contributed by atoms with Gasteiger partial charge in [-0.2, -0.15) is 0 Å². The van der Waals surface area contributed by atoms with Gasteiger partial charge in [0.2, 0.25) is 0 Å². The van der Waals surface area contributed by atoms with Crippen LogP contribution in [0.1, 0.15) is 31.9 Å². The van der Waals surface area contributed by atoms with Crippen molar-refractivity contribution in [2.24, 2.45) is 5.41 Å².